The Labute approximate surface area is 146 Å². The Balaban J connectivity index is 2.14. The van der Waals surface area contributed by atoms with Crippen molar-refractivity contribution in [1.82, 2.24) is 5.32 Å². The van der Waals surface area contributed by atoms with Crippen LogP contribution < -0.4 is 15.1 Å². The number of benzene rings is 1. The Morgan fingerprint density at radius 2 is 1.79 bits per heavy atom. The van der Waals surface area contributed by atoms with Crippen molar-refractivity contribution in [1.29, 1.82) is 0 Å². The largest absolute Gasteiger partial charge is 0.378 e. The first-order chi connectivity index (χ1) is 11.3. The van der Waals surface area contributed by atoms with Gasteiger partial charge in [-0.25, -0.2) is 0 Å². The van der Waals surface area contributed by atoms with Crippen molar-refractivity contribution >= 4 is 11.6 Å². The Bertz CT molecular complexity index is 529. The lowest BCUT2D eigenvalue weighted by Gasteiger charge is -2.32. The zero-order valence-corrected chi connectivity index (χ0v) is 15.7. The highest BCUT2D eigenvalue weighted by atomic mass is 16.5. The van der Waals surface area contributed by atoms with Crippen molar-refractivity contribution in [2.75, 3.05) is 51.8 Å². The number of hydrogen-bond acceptors (Lipinski definition) is 3. The summed E-state index contributed by atoms with van der Waals surface area (Å²) in [5.41, 5.74) is 2.10. The van der Waals surface area contributed by atoms with Crippen LogP contribution in [0.1, 0.15) is 32.4 Å². The molecule has 0 unspecified atom stereocenters. The minimum Gasteiger partial charge on any atom is -0.378 e. The number of ether oxygens (including phenoxy) is 1. The zero-order valence-electron chi connectivity index (χ0n) is 15.7. The van der Waals surface area contributed by atoms with Crippen LogP contribution in [0.25, 0.3) is 0 Å². The van der Waals surface area contributed by atoms with Crippen LogP contribution >= 0.6 is 0 Å². The molecule has 24 heavy (non-hydrogen) atoms. The molecule has 0 spiro atoms. The maximum atomic E-state index is 12.3. The number of nitrogens with zero attached hydrogens (tertiary/aromatic N) is 1. The first-order valence-electron chi connectivity index (χ1n) is 8.77. The van der Waals surface area contributed by atoms with Gasteiger partial charge in [0, 0.05) is 30.8 Å². The van der Waals surface area contributed by atoms with Crippen LogP contribution in [0.4, 0.5) is 5.69 Å². The van der Waals surface area contributed by atoms with Gasteiger partial charge in [0.15, 0.2) is 0 Å². The topological polar surface area (TPSA) is 46.0 Å². The number of hydrogen-bond donors (Lipinski definition) is 2. The monoisotopic (exact) mass is 334 g/mol. The molecule has 1 saturated heterocycles. The van der Waals surface area contributed by atoms with E-state index in [0.717, 1.165) is 26.3 Å². The summed E-state index contributed by atoms with van der Waals surface area (Å²) in [5.74, 6) is 0.102. The van der Waals surface area contributed by atoms with E-state index in [1.54, 1.807) is 0 Å². The Morgan fingerprint density at radius 3 is 2.29 bits per heavy atom. The molecule has 1 aromatic carbocycles. The summed E-state index contributed by atoms with van der Waals surface area (Å²) in [7, 11) is 4.09. The van der Waals surface area contributed by atoms with E-state index < -0.39 is 0 Å². The molecule has 0 bridgehead atoms. The number of amides is 1. The van der Waals surface area contributed by atoms with Crippen molar-refractivity contribution in [3.8, 4) is 0 Å². The van der Waals surface area contributed by atoms with Gasteiger partial charge in [0.1, 0.15) is 19.1 Å². The molecule has 1 heterocycles. The van der Waals surface area contributed by atoms with Gasteiger partial charge in [0.2, 0.25) is 5.91 Å². The highest BCUT2D eigenvalue weighted by Gasteiger charge is 2.29. The fraction of sp³-hybridized carbons (Fsp3) is 0.632. The number of carbonyl (C=O) groups is 1. The minimum absolute atomic E-state index is 0.102. The lowest BCUT2D eigenvalue weighted by Crippen LogP contribution is -3.15. The number of carbonyl (C=O) groups excluding carboxylic acids is 1. The Kier molecular flexibility index (Phi) is 6.24. The van der Waals surface area contributed by atoms with Gasteiger partial charge in [-0.1, -0.05) is 32.9 Å². The number of quaternary nitrogens is 1. The lowest BCUT2D eigenvalue weighted by atomic mass is 9.95. The quantitative estimate of drug-likeness (QED) is 0.840. The predicted octanol–water partition coefficient (Wildman–Crippen LogP) is 0.871. The van der Waals surface area contributed by atoms with Gasteiger partial charge >= 0.3 is 0 Å². The molecule has 2 N–H and O–H groups in total. The molecule has 0 aromatic heterocycles. The molecule has 1 aliphatic heterocycles. The van der Waals surface area contributed by atoms with Crippen LogP contribution in [0.3, 0.4) is 0 Å². The number of anilines is 1. The fourth-order valence-electron chi connectivity index (χ4n) is 2.94. The molecule has 2 rings (SSSR count). The summed E-state index contributed by atoms with van der Waals surface area (Å²) < 4.78 is 5.50. The summed E-state index contributed by atoms with van der Waals surface area (Å²) in [6.45, 7) is 10.0. The summed E-state index contributed by atoms with van der Waals surface area (Å²) in [5, 5.41) is 3.14. The number of morpholine rings is 1. The fourth-order valence-corrected chi connectivity index (χ4v) is 2.94. The molecule has 5 nitrogen and oxygen atoms in total. The van der Waals surface area contributed by atoms with Gasteiger partial charge in [-0.05, 0) is 12.1 Å². The highest BCUT2D eigenvalue weighted by molar-refractivity contribution is 5.81. The van der Waals surface area contributed by atoms with Gasteiger partial charge in [-0.15, -0.1) is 0 Å². The lowest BCUT2D eigenvalue weighted by molar-refractivity contribution is -0.937. The van der Waals surface area contributed by atoms with Crippen molar-refractivity contribution in [3.05, 3.63) is 29.8 Å². The second-order valence-corrected chi connectivity index (χ2v) is 7.77. The molecule has 1 aliphatic rings. The smallest absolute Gasteiger partial charge is 0.225 e. The molecule has 0 radical (unpaired) electrons. The molecule has 1 amide bonds. The molecule has 0 aliphatic carbocycles. The van der Waals surface area contributed by atoms with E-state index in [1.165, 1.54) is 16.2 Å². The van der Waals surface area contributed by atoms with Gasteiger partial charge in [0.25, 0.3) is 0 Å². The van der Waals surface area contributed by atoms with Crippen molar-refractivity contribution in [3.63, 3.8) is 0 Å². The molecular formula is C19H32N3O2+. The van der Waals surface area contributed by atoms with Crippen LogP contribution in [-0.2, 0) is 9.53 Å². The van der Waals surface area contributed by atoms with Crippen LogP contribution in [0, 0.1) is 5.41 Å². The molecule has 1 atom stereocenters. The molecule has 1 fully saturated rings. The normalized spacial score (nSPS) is 17.4. The second kappa shape index (κ2) is 7.99. The van der Waals surface area contributed by atoms with Crippen LogP contribution in [0.15, 0.2) is 24.3 Å². The van der Waals surface area contributed by atoms with E-state index in [0.29, 0.717) is 6.54 Å². The summed E-state index contributed by atoms with van der Waals surface area (Å²) in [6.07, 6.45) is 0. The third-order valence-corrected chi connectivity index (χ3v) is 4.59. The molecule has 0 saturated carbocycles. The molecule has 1 aromatic rings. The zero-order chi connectivity index (χ0) is 17.7. The molecule has 134 valence electrons. The molecule has 5 heteroatoms. The van der Waals surface area contributed by atoms with Gasteiger partial charge in [-0.3, -0.25) is 4.79 Å². The van der Waals surface area contributed by atoms with Crippen molar-refractivity contribution < 1.29 is 14.4 Å². The summed E-state index contributed by atoms with van der Waals surface area (Å²) in [6, 6.07) is 8.93. The standard InChI is InChI=1S/C19H31N3O2/c1-19(2,3)18(23)20-14-17(22-10-12-24-13-11-22)15-6-8-16(9-7-15)21(4)5/h6-9,17H,10-14H2,1-5H3,(H,20,23)/p+1/t17-/m1/s1. The van der Waals surface area contributed by atoms with E-state index in [4.69, 9.17) is 4.74 Å². The van der Waals surface area contributed by atoms with Crippen molar-refractivity contribution in [2.45, 2.75) is 26.8 Å². The summed E-state index contributed by atoms with van der Waals surface area (Å²) >= 11 is 0. The third kappa shape index (κ3) is 4.95. The van der Waals surface area contributed by atoms with Crippen LogP contribution in [-0.4, -0.2) is 52.9 Å². The average molecular weight is 334 g/mol. The number of nitrogens with one attached hydrogen (secondary N) is 2. The number of rotatable bonds is 5. The highest BCUT2D eigenvalue weighted by Crippen LogP contribution is 2.17. The van der Waals surface area contributed by atoms with E-state index in [-0.39, 0.29) is 17.4 Å². The van der Waals surface area contributed by atoms with Crippen LogP contribution in [0.5, 0.6) is 0 Å². The second-order valence-electron chi connectivity index (χ2n) is 7.77. The van der Waals surface area contributed by atoms with E-state index >= 15 is 0 Å². The van der Waals surface area contributed by atoms with Gasteiger partial charge < -0.3 is 19.9 Å². The predicted molar refractivity (Wildman–Crippen MR) is 97.5 cm³/mol. The summed E-state index contributed by atoms with van der Waals surface area (Å²) in [4.78, 5) is 15.9. The van der Waals surface area contributed by atoms with E-state index in [9.17, 15) is 4.79 Å². The minimum atomic E-state index is -0.361. The first-order valence-corrected chi connectivity index (χ1v) is 8.77. The third-order valence-electron chi connectivity index (χ3n) is 4.59. The average Bonchev–Trinajstić information content (AvgIpc) is 2.55. The van der Waals surface area contributed by atoms with Crippen molar-refractivity contribution in [2.24, 2.45) is 5.41 Å². The Morgan fingerprint density at radius 1 is 1.21 bits per heavy atom. The van der Waals surface area contributed by atoms with Gasteiger partial charge in [0.05, 0.1) is 19.8 Å². The van der Waals surface area contributed by atoms with E-state index in [2.05, 4.69) is 34.5 Å². The van der Waals surface area contributed by atoms with Crippen LogP contribution in [0.2, 0.25) is 0 Å². The first kappa shape index (κ1) is 18.7. The maximum Gasteiger partial charge on any atom is 0.225 e. The molecular weight excluding hydrogens is 302 g/mol. The SMILES string of the molecule is CN(C)c1ccc([C@@H](CNC(=O)C(C)(C)C)[NH+]2CCOCC2)cc1. The maximum absolute atomic E-state index is 12.3. The van der Waals surface area contributed by atoms with Gasteiger partial charge in [-0.2, -0.15) is 0 Å². The van der Waals surface area contributed by atoms with E-state index in [1.807, 2.05) is 34.9 Å². The Hall–Kier alpha value is -1.59.